The minimum atomic E-state index is 0.682. The number of hydrogen-bond donors (Lipinski definition) is 0. The Labute approximate surface area is 98.0 Å². The van der Waals surface area contributed by atoms with E-state index in [4.69, 9.17) is 4.52 Å². The first-order valence-electron chi connectivity index (χ1n) is 5.41. The number of aromatic nitrogens is 3. The van der Waals surface area contributed by atoms with Crippen LogP contribution in [0.4, 0.5) is 0 Å². The minimum absolute atomic E-state index is 0.682. The topological polar surface area (TPSA) is 43.9 Å². The molecule has 0 aromatic carbocycles. The van der Waals surface area contributed by atoms with E-state index in [9.17, 15) is 0 Å². The molecule has 1 aliphatic carbocycles. The standard InChI is InChI=1S/C11H13N3OS/c1-8-6-10(15-13-8)7-16-11-12-4-5-14(11)9-2-3-9/h4-6,9H,2-3,7H2,1H3. The van der Waals surface area contributed by atoms with Crippen LogP contribution in [0.25, 0.3) is 0 Å². The molecule has 5 heteroatoms. The van der Waals surface area contributed by atoms with Crippen molar-refractivity contribution in [1.29, 1.82) is 0 Å². The molecule has 4 nitrogen and oxygen atoms in total. The molecule has 1 aliphatic rings. The zero-order chi connectivity index (χ0) is 11.0. The van der Waals surface area contributed by atoms with Gasteiger partial charge >= 0.3 is 0 Å². The molecule has 0 N–H and O–H groups in total. The Hall–Kier alpha value is -1.23. The van der Waals surface area contributed by atoms with Crippen LogP contribution >= 0.6 is 11.8 Å². The van der Waals surface area contributed by atoms with E-state index in [0.717, 1.165) is 22.4 Å². The Balaban J connectivity index is 1.67. The van der Waals surface area contributed by atoms with Gasteiger partial charge in [-0.3, -0.25) is 0 Å². The zero-order valence-corrected chi connectivity index (χ0v) is 9.91. The smallest absolute Gasteiger partial charge is 0.168 e. The van der Waals surface area contributed by atoms with Gasteiger partial charge in [0.15, 0.2) is 5.16 Å². The summed E-state index contributed by atoms with van der Waals surface area (Å²) in [6.45, 7) is 1.93. The molecule has 3 rings (SSSR count). The highest BCUT2D eigenvalue weighted by Crippen LogP contribution is 2.38. The summed E-state index contributed by atoms with van der Waals surface area (Å²) < 4.78 is 7.43. The van der Waals surface area contributed by atoms with E-state index in [1.165, 1.54) is 12.8 Å². The van der Waals surface area contributed by atoms with Crippen LogP contribution in [-0.4, -0.2) is 14.7 Å². The van der Waals surface area contributed by atoms with E-state index in [-0.39, 0.29) is 0 Å². The molecule has 0 saturated heterocycles. The maximum atomic E-state index is 5.17. The van der Waals surface area contributed by atoms with Crippen LogP contribution in [-0.2, 0) is 5.75 Å². The second-order valence-electron chi connectivity index (χ2n) is 4.07. The van der Waals surface area contributed by atoms with Crippen molar-refractivity contribution >= 4 is 11.8 Å². The Morgan fingerprint density at radius 2 is 2.44 bits per heavy atom. The highest BCUT2D eigenvalue weighted by atomic mass is 32.2. The number of rotatable bonds is 4. The van der Waals surface area contributed by atoms with Gasteiger partial charge in [0.05, 0.1) is 11.4 Å². The van der Waals surface area contributed by atoms with Crippen molar-refractivity contribution in [3.63, 3.8) is 0 Å². The maximum Gasteiger partial charge on any atom is 0.168 e. The van der Waals surface area contributed by atoms with Gasteiger partial charge in [-0.25, -0.2) is 4.98 Å². The average molecular weight is 235 g/mol. The Morgan fingerprint density at radius 1 is 1.56 bits per heavy atom. The highest BCUT2D eigenvalue weighted by Gasteiger charge is 2.25. The molecule has 16 heavy (non-hydrogen) atoms. The van der Waals surface area contributed by atoms with Crippen LogP contribution in [0.2, 0.25) is 0 Å². The van der Waals surface area contributed by atoms with Crippen molar-refractivity contribution in [1.82, 2.24) is 14.7 Å². The van der Waals surface area contributed by atoms with Crippen molar-refractivity contribution in [2.24, 2.45) is 0 Å². The third-order valence-electron chi connectivity index (χ3n) is 2.59. The van der Waals surface area contributed by atoms with Gasteiger partial charge in [-0.2, -0.15) is 0 Å². The molecule has 2 aromatic rings. The van der Waals surface area contributed by atoms with Gasteiger partial charge < -0.3 is 9.09 Å². The second-order valence-corrected chi connectivity index (χ2v) is 5.01. The molecule has 0 amide bonds. The number of thioether (sulfide) groups is 1. The molecule has 0 unspecified atom stereocenters. The molecular weight excluding hydrogens is 222 g/mol. The van der Waals surface area contributed by atoms with Gasteiger partial charge in [0.25, 0.3) is 0 Å². The highest BCUT2D eigenvalue weighted by molar-refractivity contribution is 7.98. The van der Waals surface area contributed by atoms with Crippen molar-refractivity contribution in [3.05, 3.63) is 29.9 Å². The molecule has 0 spiro atoms. The van der Waals surface area contributed by atoms with E-state index < -0.39 is 0 Å². The molecule has 0 aliphatic heterocycles. The van der Waals surface area contributed by atoms with Gasteiger partial charge in [0.1, 0.15) is 5.76 Å². The van der Waals surface area contributed by atoms with E-state index in [2.05, 4.69) is 20.9 Å². The van der Waals surface area contributed by atoms with E-state index in [0.29, 0.717) is 6.04 Å². The number of hydrogen-bond acceptors (Lipinski definition) is 4. The predicted molar refractivity (Wildman–Crippen MR) is 61.3 cm³/mol. The van der Waals surface area contributed by atoms with Gasteiger partial charge in [-0.05, 0) is 19.8 Å². The summed E-state index contributed by atoms with van der Waals surface area (Å²) in [6.07, 6.45) is 6.49. The van der Waals surface area contributed by atoms with Gasteiger partial charge in [0, 0.05) is 24.5 Å². The van der Waals surface area contributed by atoms with Crippen LogP contribution in [0.1, 0.15) is 30.3 Å². The second kappa shape index (κ2) is 3.97. The van der Waals surface area contributed by atoms with E-state index in [1.54, 1.807) is 11.8 Å². The fraction of sp³-hybridized carbons (Fsp3) is 0.455. The summed E-state index contributed by atoms with van der Waals surface area (Å²) in [5, 5.41) is 4.95. The van der Waals surface area contributed by atoms with Gasteiger partial charge in [-0.15, -0.1) is 0 Å². The van der Waals surface area contributed by atoms with Crippen LogP contribution in [0, 0.1) is 6.92 Å². The summed E-state index contributed by atoms with van der Waals surface area (Å²) in [5.74, 6) is 1.71. The first-order valence-corrected chi connectivity index (χ1v) is 6.39. The van der Waals surface area contributed by atoms with Crippen molar-refractivity contribution in [3.8, 4) is 0 Å². The largest absolute Gasteiger partial charge is 0.360 e. The SMILES string of the molecule is Cc1cc(CSc2nccn2C2CC2)on1. The van der Waals surface area contributed by atoms with Crippen molar-refractivity contribution in [2.75, 3.05) is 0 Å². The minimum Gasteiger partial charge on any atom is -0.360 e. The quantitative estimate of drug-likeness (QED) is 0.764. The predicted octanol–water partition coefficient (Wildman–Crippen LogP) is 2.81. The van der Waals surface area contributed by atoms with Gasteiger partial charge in [-0.1, -0.05) is 16.9 Å². The van der Waals surface area contributed by atoms with E-state index in [1.807, 2.05) is 19.2 Å². The summed E-state index contributed by atoms with van der Waals surface area (Å²) in [4.78, 5) is 4.36. The molecule has 84 valence electrons. The Morgan fingerprint density at radius 3 is 3.12 bits per heavy atom. The summed E-state index contributed by atoms with van der Waals surface area (Å²) in [5.41, 5.74) is 0.932. The average Bonchev–Trinajstić information content (AvgIpc) is 2.86. The summed E-state index contributed by atoms with van der Waals surface area (Å²) >= 11 is 1.71. The lowest BCUT2D eigenvalue weighted by Crippen LogP contribution is -1.94. The van der Waals surface area contributed by atoms with Crippen LogP contribution in [0.5, 0.6) is 0 Å². The van der Waals surface area contributed by atoms with Crippen LogP contribution < -0.4 is 0 Å². The maximum absolute atomic E-state index is 5.17. The molecule has 0 radical (unpaired) electrons. The number of imidazole rings is 1. The lowest BCUT2D eigenvalue weighted by Gasteiger charge is -2.03. The lowest BCUT2D eigenvalue weighted by atomic mass is 10.4. The first kappa shape index (κ1) is 9.96. The fourth-order valence-corrected chi connectivity index (χ4v) is 2.56. The fourth-order valence-electron chi connectivity index (χ4n) is 1.66. The summed E-state index contributed by atoms with van der Waals surface area (Å²) in [6, 6.07) is 2.65. The molecule has 2 heterocycles. The van der Waals surface area contributed by atoms with Gasteiger partial charge in [0.2, 0.25) is 0 Å². The van der Waals surface area contributed by atoms with Crippen LogP contribution in [0.3, 0.4) is 0 Å². The van der Waals surface area contributed by atoms with Crippen molar-refractivity contribution < 1.29 is 4.52 Å². The Kier molecular flexibility index (Phi) is 2.47. The molecule has 1 saturated carbocycles. The monoisotopic (exact) mass is 235 g/mol. The van der Waals surface area contributed by atoms with E-state index >= 15 is 0 Å². The molecule has 2 aromatic heterocycles. The Bertz CT molecular complexity index is 487. The summed E-state index contributed by atoms with van der Waals surface area (Å²) in [7, 11) is 0. The zero-order valence-electron chi connectivity index (χ0n) is 9.09. The third-order valence-corrected chi connectivity index (χ3v) is 3.60. The molecule has 1 fully saturated rings. The molecule has 0 bridgehead atoms. The van der Waals surface area contributed by atoms with Crippen molar-refractivity contribution in [2.45, 2.75) is 36.7 Å². The molecule has 0 atom stereocenters. The van der Waals surface area contributed by atoms with Crippen LogP contribution in [0.15, 0.2) is 28.1 Å². The number of nitrogens with zero attached hydrogens (tertiary/aromatic N) is 3. The normalized spacial score (nSPS) is 15.6. The lowest BCUT2D eigenvalue weighted by molar-refractivity contribution is 0.391. The third kappa shape index (κ3) is 2.00. The first-order chi connectivity index (χ1) is 7.83. The number of aryl methyl sites for hydroxylation is 1. The molecular formula is C11H13N3OS.